The van der Waals surface area contributed by atoms with E-state index >= 15 is 0 Å². The standard InChI is InChI=1S/C18H17N3O2S/c1-11-7-12(2)16(13(3)8-11)15-10-24-18(19-15)20-17(22)14-5-4-6-21(23)9-14/h4-10H,1-3H3,(H,19,20,22). The summed E-state index contributed by atoms with van der Waals surface area (Å²) in [7, 11) is 0. The maximum absolute atomic E-state index is 12.2. The van der Waals surface area contributed by atoms with Gasteiger partial charge in [0.1, 0.15) is 5.56 Å². The highest BCUT2D eigenvalue weighted by atomic mass is 32.1. The molecule has 0 atom stereocenters. The van der Waals surface area contributed by atoms with Crippen LogP contribution in [-0.4, -0.2) is 10.9 Å². The molecule has 0 saturated heterocycles. The number of aryl methyl sites for hydroxylation is 3. The molecule has 24 heavy (non-hydrogen) atoms. The van der Waals surface area contributed by atoms with Crippen molar-refractivity contribution < 1.29 is 9.52 Å². The smallest absolute Gasteiger partial charge is 0.263 e. The van der Waals surface area contributed by atoms with Crippen LogP contribution in [0.25, 0.3) is 11.3 Å². The van der Waals surface area contributed by atoms with Crippen molar-refractivity contribution in [1.82, 2.24) is 4.98 Å². The third-order valence-corrected chi connectivity index (χ3v) is 4.45. The average molecular weight is 339 g/mol. The first-order valence-corrected chi connectivity index (χ1v) is 8.36. The monoisotopic (exact) mass is 339 g/mol. The quantitative estimate of drug-likeness (QED) is 0.585. The van der Waals surface area contributed by atoms with Crippen LogP contribution in [0.1, 0.15) is 27.0 Å². The number of amides is 1. The Kier molecular flexibility index (Phi) is 4.31. The lowest BCUT2D eigenvalue weighted by atomic mass is 9.98. The molecule has 0 aliphatic heterocycles. The van der Waals surface area contributed by atoms with Crippen LogP contribution in [0, 0.1) is 26.0 Å². The molecule has 0 radical (unpaired) electrons. The molecular formula is C18H17N3O2S. The summed E-state index contributed by atoms with van der Waals surface area (Å²) in [6.07, 6.45) is 2.57. The molecule has 0 aliphatic rings. The van der Waals surface area contributed by atoms with E-state index in [1.165, 1.54) is 35.4 Å². The Morgan fingerprint density at radius 2 is 1.96 bits per heavy atom. The Hall–Kier alpha value is -2.73. The molecule has 2 aromatic heterocycles. The zero-order valence-electron chi connectivity index (χ0n) is 13.7. The van der Waals surface area contributed by atoms with Crippen molar-refractivity contribution >= 4 is 22.4 Å². The van der Waals surface area contributed by atoms with Crippen LogP contribution in [0.15, 0.2) is 42.0 Å². The Morgan fingerprint density at radius 1 is 1.25 bits per heavy atom. The second-order valence-corrected chi connectivity index (χ2v) is 6.58. The van der Waals surface area contributed by atoms with E-state index in [0.717, 1.165) is 22.4 Å². The molecule has 3 aromatic rings. The number of nitrogens with one attached hydrogen (secondary N) is 1. The van der Waals surface area contributed by atoms with Crippen LogP contribution in [0.5, 0.6) is 0 Å². The van der Waals surface area contributed by atoms with E-state index in [0.29, 0.717) is 15.4 Å². The molecule has 1 amide bonds. The van der Waals surface area contributed by atoms with Gasteiger partial charge in [-0.05, 0) is 38.0 Å². The minimum absolute atomic E-state index is 0.298. The van der Waals surface area contributed by atoms with E-state index in [9.17, 15) is 10.0 Å². The van der Waals surface area contributed by atoms with Crippen molar-refractivity contribution in [3.63, 3.8) is 0 Å². The van der Waals surface area contributed by atoms with Crippen LogP contribution >= 0.6 is 11.3 Å². The van der Waals surface area contributed by atoms with Crippen molar-refractivity contribution in [3.8, 4) is 11.3 Å². The third-order valence-electron chi connectivity index (χ3n) is 3.70. The highest BCUT2D eigenvalue weighted by molar-refractivity contribution is 7.14. The van der Waals surface area contributed by atoms with Gasteiger partial charge >= 0.3 is 0 Å². The number of rotatable bonds is 3. The molecule has 2 heterocycles. The van der Waals surface area contributed by atoms with Gasteiger partial charge in [0.2, 0.25) is 0 Å². The maximum Gasteiger partial charge on any atom is 0.263 e. The summed E-state index contributed by atoms with van der Waals surface area (Å²) in [6.45, 7) is 6.19. The van der Waals surface area contributed by atoms with Gasteiger partial charge in [0.05, 0.1) is 5.69 Å². The van der Waals surface area contributed by atoms with Gasteiger partial charge in [0, 0.05) is 17.0 Å². The van der Waals surface area contributed by atoms with E-state index in [1.54, 1.807) is 6.07 Å². The van der Waals surface area contributed by atoms with E-state index < -0.39 is 0 Å². The molecule has 6 heteroatoms. The van der Waals surface area contributed by atoms with Gasteiger partial charge in [0.25, 0.3) is 5.91 Å². The number of hydrogen-bond acceptors (Lipinski definition) is 4. The van der Waals surface area contributed by atoms with Crippen LogP contribution < -0.4 is 10.0 Å². The molecule has 0 unspecified atom stereocenters. The van der Waals surface area contributed by atoms with Crippen LogP contribution in [-0.2, 0) is 0 Å². The van der Waals surface area contributed by atoms with Crippen molar-refractivity contribution in [1.29, 1.82) is 0 Å². The van der Waals surface area contributed by atoms with Crippen LogP contribution in [0.2, 0.25) is 0 Å². The summed E-state index contributed by atoms with van der Waals surface area (Å²) in [4.78, 5) is 16.7. The number of anilines is 1. The summed E-state index contributed by atoms with van der Waals surface area (Å²) in [5.74, 6) is -0.349. The van der Waals surface area contributed by atoms with Gasteiger partial charge < -0.3 is 5.21 Å². The van der Waals surface area contributed by atoms with Crippen LogP contribution in [0.4, 0.5) is 5.13 Å². The number of thiazole rings is 1. The second-order valence-electron chi connectivity index (χ2n) is 5.72. The molecule has 0 saturated carbocycles. The number of pyridine rings is 1. The van der Waals surface area contributed by atoms with Gasteiger partial charge in [-0.3, -0.25) is 10.1 Å². The highest BCUT2D eigenvalue weighted by Gasteiger charge is 2.14. The predicted octanol–water partition coefficient (Wildman–Crippen LogP) is 3.62. The van der Waals surface area contributed by atoms with E-state index in [1.807, 2.05) is 5.38 Å². The van der Waals surface area contributed by atoms with Gasteiger partial charge in [-0.25, -0.2) is 4.98 Å². The first kappa shape index (κ1) is 16.1. The molecule has 5 nitrogen and oxygen atoms in total. The summed E-state index contributed by atoms with van der Waals surface area (Å²) >= 11 is 1.37. The highest BCUT2D eigenvalue weighted by Crippen LogP contribution is 2.31. The Balaban J connectivity index is 1.85. The molecule has 1 N–H and O–H groups in total. The van der Waals surface area contributed by atoms with Gasteiger partial charge in [-0.2, -0.15) is 4.73 Å². The topological polar surface area (TPSA) is 68.9 Å². The van der Waals surface area contributed by atoms with Crippen molar-refractivity contribution in [2.24, 2.45) is 0 Å². The first-order chi connectivity index (χ1) is 11.4. The zero-order chi connectivity index (χ0) is 17.3. The van der Waals surface area contributed by atoms with Crippen molar-refractivity contribution in [2.45, 2.75) is 20.8 Å². The molecule has 0 bridgehead atoms. The molecule has 0 aliphatic carbocycles. The number of hydrogen-bond donors (Lipinski definition) is 1. The minimum atomic E-state index is -0.349. The van der Waals surface area contributed by atoms with E-state index in [2.05, 4.69) is 43.2 Å². The third kappa shape index (κ3) is 3.28. The SMILES string of the molecule is Cc1cc(C)c(-c2csc(NC(=O)c3ccc[n+]([O-])c3)n2)c(C)c1. The molecule has 1 aromatic carbocycles. The normalized spacial score (nSPS) is 10.6. The van der Waals surface area contributed by atoms with Gasteiger partial charge in [-0.15, -0.1) is 11.3 Å². The largest absolute Gasteiger partial charge is 0.619 e. The summed E-state index contributed by atoms with van der Waals surface area (Å²) < 4.78 is 0.598. The number of benzene rings is 1. The fourth-order valence-corrected chi connectivity index (χ4v) is 3.48. The van der Waals surface area contributed by atoms with Crippen LogP contribution in [0.3, 0.4) is 0 Å². The van der Waals surface area contributed by atoms with Gasteiger partial charge in [0.15, 0.2) is 17.5 Å². The minimum Gasteiger partial charge on any atom is -0.619 e. The summed E-state index contributed by atoms with van der Waals surface area (Å²) in [5.41, 5.74) is 5.77. The lowest BCUT2D eigenvalue weighted by molar-refractivity contribution is -0.605. The zero-order valence-corrected chi connectivity index (χ0v) is 14.5. The first-order valence-electron chi connectivity index (χ1n) is 7.48. The lowest BCUT2D eigenvalue weighted by Gasteiger charge is -2.08. The second kappa shape index (κ2) is 6.41. The summed E-state index contributed by atoms with van der Waals surface area (Å²) in [6, 6.07) is 7.37. The fraction of sp³-hybridized carbons (Fsp3) is 0.167. The number of carbonyl (C=O) groups excluding carboxylic acids is 1. The van der Waals surface area contributed by atoms with E-state index in [-0.39, 0.29) is 5.91 Å². The van der Waals surface area contributed by atoms with Gasteiger partial charge in [-0.1, -0.05) is 17.7 Å². The molecule has 0 spiro atoms. The number of nitrogens with zero attached hydrogens (tertiary/aromatic N) is 2. The molecular weight excluding hydrogens is 322 g/mol. The Morgan fingerprint density at radius 3 is 2.62 bits per heavy atom. The van der Waals surface area contributed by atoms with Crippen molar-refractivity contribution in [2.75, 3.05) is 5.32 Å². The lowest BCUT2D eigenvalue weighted by Crippen LogP contribution is -2.27. The molecule has 3 rings (SSSR count). The predicted molar refractivity (Wildman–Crippen MR) is 95.1 cm³/mol. The Labute approximate surface area is 144 Å². The van der Waals surface area contributed by atoms with E-state index in [4.69, 9.17) is 0 Å². The fourth-order valence-electron chi connectivity index (χ4n) is 2.79. The molecule has 122 valence electrons. The number of carbonyl (C=O) groups is 1. The molecule has 0 fully saturated rings. The number of aromatic nitrogens is 2. The maximum atomic E-state index is 12.2. The van der Waals surface area contributed by atoms with Crippen molar-refractivity contribution in [3.05, 3.63) is 69.5 Å². The summed E-state index contributed by atoms with van der Waals surface area (Å²) in [5, 5.41) is 16.4. The Bertz CT molecular complexity index is 895. The average Bonchev–Trinajstić information content (AvgIpc) is 2.94.